The zero-order valence-corrected chi connectivity index (χ0v) is 22.4. The number of carbonyl (C=O) groups is 2. The van der Waals surface area contributed by atoms with Crippen LogP contribution in [0.5, 0.6) is 5.75 Å². The molecule has 1 fully saturated rings. The minimum atomic E-state index is -1.06. The molecule has 10 nitrogen and oxygen atoms in total. The van der Waals surface area contributed by atoms with E-state index in [4.69, 9.17) is 4.74 Å². The van der Waals surface area contributed by atoms with Crippen molar-refractivity contribution in [2.24, 2.45) is 0 Å². The largest absolute Gasteiger partial charge is 0.507 e. The molecule has 1 amide bonds. The minimum absolute atomic E-state index is 0.0629. The Balaban J connectivity index is 1.73. The molecule has 39 heavy (non-hydrogen) atoms. The van der Waals surface area contributed by atoms with Gasteiger partial charge in [-0.3, -0.25) is 29.6 Å². The maximum absolute atomic E-state index is 13.5. The van der Waals surface area contributed by atoms with Crippen molar-refractivity contribution in [3.8, 4) is 5.75 Å². The lowest BCUT2D eigenvalue weighted by molar-refractivity contribution is -0.384. The number of aliphatic hydroxyl groups excluding tert-OH is 1. The third-order valence-electron chi connectivity index (χ3n) is 6.64. The molecule has 1 unspecified atom stereocenters. The Hall–Kier alpha value is -4.64. The standard InChI is InChI=1S/C28H24N4O6S/c1-14(2)17-13-18(15(3)11-21(17)38-4)25(33)23-24(20-7-5-6-10-29-20)31(27(35)26(23)34)28-30-19-9-8-16(32(36)37)12-22(19)39-28/h5-14,24,33H,1-4H3/b25-23+. The number of hydrogen-bond donors (Lipinski definition) is 1. The van der Waals surface area contributed by atoms with Crippen LogP contribution < -0.4 is 9.64 Å². The van der Waals surface area contributed by atoms with Crippen LogP contribution in [0.2, 0.25) is 0 Å². The van der Waals surface area contributed by atoms with Crippen LogP contribution in [0.4, 0.5) is 10.8 Å². The van der Waals surface area contributed by atoms with Gasteiger partial charge in [0.05, 0.1) is 33.5 Å². The summed E-state index contributed by atoms with van der Waals surface area (Å²) >= 11 is 1.04. The highest BCUT2D eigenvalue weighted by Gasteiger charge is 2.49. The second-order valence-electron chi connectivity index (χ2n) is 9.39. The molecule has 0 saturated carbocycles. The lowest BCUT2D eigenvalue weighted by Gasteiger charge is -2.22. The van der Waals surface area contributed by atoms with Crippen molar-refractivity contribution in [2.45, 2.75) is 32.7 Å². The molecule has 1 saturated heterocycles. The number of pyridine rings is 1. The van der Waals surface area contributed by atoms with E-state index >= 15 is 0 Å². The van der Waals surface area contributed by atoms with E-state index in [1.807, 2.05) is 13.8 Å². The topological polar surface area (TPSA) is 136 Å². The number of benzene rings is 2. The molecule has 1 N–H and O–H groups in total. The fraction of sp³-hybridized carbons (Fsp3) is 0.214. The van der Waals surface area contributed by atoms with Gasteiger partial charge in [-0.05, 0) is 54.3 Å². The molecule has 0 bridgehead atoms. The fourth-order valence-corrected chi connectivity index (χ4v) is 5.72. The number of methoxy groups -OCH3 is 1. The summed E-state index contributed by atoms with van der Waals surface area (Å²) in [5, 5.41) is 23.0. The van der Waals surface area contributed by atoms with Crippen LogP contribution in [0.1, 0.15) is 48.2 Å². The van der Waals surface area contributed by atoms with Crippen molar-refractivity contribution in [3.05, 3.63) is 92.8 Å². The van der Waals surface area contributed by atoms with Gasteiger partial charge >= 0.3 is 5.91 Å². The van der Waals surface area contributed by atoms with Crippen LogP contribution in [0.3, 0.4) is 0 Å². The molecule has 0 spiro atoms. The first-order valence-electron chi connectivity index (χ1n) is 12.1. The van der Waals surface area contributed by atoms with E-state index in [0.717, 1.165) is 16.9 Å². The molecule has 1 atom stereocenters. The Kier molecular flexibility index (Phi) is 6.61. The lowest BCUT2D eigenvalue weighted by atomic mass is 9.92. The second kappa shape index (κ2) is 9.91. The van der Waals surface area contributed by atoms with E-state index in [1.54, 1.807) is 44.4 Å². The average molecular weight is 545 g/mol. The number of nitrogens with zero attached hydrogens (tertiary/aromatic N) is 4. The van der Waals surface area contributed by atoms with Crippen molar-refractivity contribution >= 4 is 49.8 Å². The number of nitro benzene ring substituents is 1. The Morgan fingerprint density at radius 2 is 1.95 bits per heavy atom. The van der Waals surface area contributed by atoms with Gasteiger partial charge in [0.25, 0.3) is 11.5 Å². The summed E-state index contributed by atoms with van der Waals surface area (Å²) in [5.74, 6) is -1.37. The summed E-state index contributed by atoms with van der Waals surface area (Å²) in [6.07, 6.45) is 1.53. The smallest absolute Gasteiger partial charge is 0.301 e. The molecule has 0 radical (unpaired) electrons. The van der Waals surface area contributed by atoms with Gasteiger partial charge in [-0.2, -0.15) is 0 Å². The number of carbonyl (C=O) groups excluding carboxylic acids is 2. The van der Waals surface area contributed by atoms with Crippen molar-refractivity contribution in [2.75, 3.05) is 12.0 Å². The number of hydrogen-bond acceptors (Lipinski definition) is 9. The average Bonchev–Trinajstić information content (AvgIpc) is 3.45. The molecule has 198 valence electrons. The number of amides is 1. The molecule has 3 heterocycles. The SMILES string of the molecule is COc1cc(C)c(/C(O)=C2\C(=O)C(=O)N(c3nc4ccc([N+](=O)[O-])cc4s3)C2c2ccccn2)cc1C(C)C. The summed E-state index contributed by atoms with van der Waals surface area (Å²) in [6, 6.07) is 11.8. The van der Waals surface area contributed by atoms with Crippen LogP contribution in [0.25, 0.3) is 16.0 Å². The predicted octanol–water partition coefficient (Wildman–Crippen LogP) is 5.67. The van der Waals surface area contributed by atoms with E-state index in [2.05, 4.69) is 9.97 Å². The van der Waals surface area contributed by atoms with Gasteiger partial charge in [0, 0.05) is 23.9 Å². The Bertz CT molecular complexity index is 1680. The van der Waals surface area contributed by atoms with Gasteiger partial charge in [0.1, 0.15) is 17.6 Å². The van der Waals surface area contributed by atoms with Gasteiger partial charge in [0.15, 0.2) is 5.13 Å². The van der Waals surface area contributed by atoms with Gasteiger partial charge < -0.3 is 9.84 Å². The molecule has 11 heteroatoms. The number of nitro groups is 1. The van der Waals surface area contributed by atoms with E-state index < -0.39 is 22.7 Å². The van der Waals surface area contributed by atoms with E-state index in [-0.39, 0.29) is 28.1 Å². The van der Waals surface area contributed by atoms with Crippen LogP contribution in [-0.4, -0.2) is 38.8 Å². The monoisotopic (exact) mass is 544 g/mol. The highest BCUT2D eigenvalue weighted by Crippen LogP contribution is 2.45. The Labute approximate surface area is 227 Å². The number of aromatic nitrogens is 2. The number of non-ortho nitro benzene ring substituents is 1. The highest BCUT2D eigenvalue weighted by molar-refractivity contribution is 7.22. The summed E-state index contributed by atoms with van der Waals surface area (Å²) in [4.78, 5) is 47.9. The van der Waals surface area contributed by atoms with Crippen LogP contribution >= 0.6 is 11.3 Å². The van der Waals surface area contributed by atoms with Crippen molar-refractivity contribution < 1.29 is 24.4 Å². The highest BCUT2D eigenvalue weighted by atomic mass is 32.1. The van der Waals surface area contributed by atoms with Gasteiger partial charge in [-0.15, -0.1) is 0 Å². The van der Waals surface area contributed by atoms with Gasteiger partial charge in [0.2, 0.25) is 0 Å². The van der Waals surface area contributed by atoms with Gasteiger partial charge in [-0.25, -0.2) is 4.98 Å². The van der Waals surface area contributed by atoms with E-state index in [9.17, 15) is 24.8 Å². The molecule has 1 aliphatic rings. The number of rotatable bonds is 6. The zero-order valence-electron chi connectivity index (χ0n) is 21.5. The number of anilines is 1. The number of aliphatic hydroxyl groups is 1. The third kappa shape index (κ3) is 4.40. The molecule has 0 aliphatic carbocycles. The van der Waals surface area contributed by atoms with E-state index in [0.29, 0.717) is 32.8 Å². The van der Waals surface area contributed by atoms with E-state index in [1.165, 1.54) is 29.3 Å². The third-order valence-corrected chi connectivity index (χ3v) is 7.66. The normalized spacial score (nSPS) is 16.8. The first kappa shape index (κ1) is 26.0. The fourth-order valence-electron chi connectivity index (χ4n) is 4.69. The summed E-state index contributed by atoms with van der Waals surface area (Å²) in [5.41, 5.74) is 2.46. The Morgan fingerprint density at radius 1 is 1.18 bits per heavy atom. The lowest BCUT2D eigenvalue weighted by Crippen LogP contribution is -2.29. The van der Waals surface area contributed by atoms with Crippen LogP contribution in [0.15, 0.2) is 60.3 Å². The molecular formula is C28H24N4O6S. The number of fused-ring (bicyclic) bond motifs is 1. The number of ketones is 1. The molecule has 2 aromatic carbocycles. The maximum Gasteiger partial charge on any atom is 0.301 e. The van der Waals surface area contributed by atoms with Crippen molar-refractivity contribution in [3.63, 3.8) is 0 Å². The first-order valence-corrected chi connectivity index (χ1v) is 12.9. The number of aryl methyl sites for hydroxylation is 1. The van der Waals surface area contributed by atoms with Crippen LogP contribution in [0, 0.1) is 17.0 Å². The molecule has 1 aliphatic heterocycles. The van der Waals surface area contributed by atoms with Gasteiger partial charge in [-0.1, -0.05) is 31.3 Å². The zero-order chi connectivity index (χ0) is 28.0. The number of thiazole rings is 1. The first-order chi connectivity index (χ1) is 18.6. The summed E-state index contributed by atoms with van der Waals surface area (Å²) in [6.45, 7) is 5.76. The summed E-state index contributed by atoms with van der Waals surface area (Å²) < 4.78 is 6.00. The minimum Gasteiger partial charge on any atom is -0.507 e. The number of Topliss-reactive ketones (excluding diaryl/α,β-unsaturated/α-hetero) is 1. The maximum atomic E-state index is 13.5. The molecule has 5 rings (SSSR count). The Morgan fingerprint density at radius 3 is 2.59 bits per heavy atom. The van der Waals surface area contributed by atoms with Crippen molar-refractivity contribution in [1.29, 1.82) is 0 Å². The quantitative estimate of drug-likeness (QED) is 0.108. The molecular weight excluding hydrogens is 520 g/mol. The molecule has 4 aromatic rings. The molecule has 2 aromatic heterocycles. The second-order valence-corrected chi connectivity index (χ2v) is 10.4. The summed E-state index contributed by atoms with van der Waals surface area (Å²) in [7, 11) is 1.57. The van der Waals surface area contributed by atoms with Crippen molar-refractivity contribution in [1.82, 2.24) is 9.97 Å². The van der Waals surface area contributed by atoms with Crippen LogP contribution in [-0.2, 0) is 9.59 Å². The predicted molar refractivity (Wildman–Crippen MR) is 147 cm³/mol. The number of ether oxygens (including phenoxy) is 1.